The molecule has 0 amide bonds. The van der Waals surface area contributed by atoms with E-state index in [1.165, 1.54) is 23.3 Å². The van der Waals surface area contributed by atoms with Crippen molar-refractivity contribution < 1.29 is 9.13 Å². The second kappa shape index (κ2) is 10.0. The lowest BCUT2D eigenvalue weighted by Crippen LogP contribution is -2.22. The van der Waals surface area contributed by atoms with E-state index in [1.54, 1.807) is 24.4 Å². The zero-order valence-electron chi connectivity index (χ0n) is 15.6. The lowest BCUT2D eigenvalue weighted by Gasteiger charge is -2.10. The number of pyridine rings is 1. The monoisotopic (exact) mass is 492 g/mol. The summed E-state index contributed by atoms with van der Waals surface area (Å²) in [4.78, 5) is 8.56. The molecule has 0 aliphatic heterocycles. The van der Waals surface area contributed by atoms with Gasteiger partial charge < -0.3 is 15.8 Å². The number of hydrogen-bond donors (Lipinski definition) is 2. The van der Waals surface area contributed by atoms with Gasteiger partial charge in [0.1, 0.15) is 11.6 Å². The lowest BCUT2D eigenvalue weighted by atomic mass is 10.1. The molecule has 1 heterocycles. The smallest absolute Gasteiger partial charge is 0.224 e. The molecule has 1 aromatic heterocycles. The van der Waals surface area contributed by atoms with E-state index in [1.807, 2.05) is 31.2 Å². The summed E-state index contributed by atoms with van der Waals surface area (Å²) in [6.45, 7) is 4.38. The zero-order chi connectivity index (χ0) is 19.2. The Balaban J connectivity index is 0.00000280. The van der Waals surface area contributed by atoms with E-state index in [-0.39, 0.29) is 36.3 Å². The first-order valence-corrected chi connectivity index (χ1v) is 8.53. The Morgan fingerprint density at radius 3 is 2.68 bits per heavy atom. The zero-order valence-corrected chi connectivity index (χ0v) is 18.0. The number of aliphatic imine (C=N–C) groups is 1. The van der Waals surface area contributed by atoms with Gasteiger partial charge in [0.05, 0.1) is 6.54 Å². The van der Waals surface area contributed by atoms with E-state index < -0.39 is 0 Å². The van der Waals surface area contributed by atoms with Gasteiger partial charge in [-0.05, 0) is 55.3 Å². The highest BCUT2D eigenvalue weighted by Gasteiger charge is 2.07. The molecule has 28 heavy (non-hydrogen) atoms. The molecule has 146 valence electrons. The van der Waals surface area contributed by atoms with Gasteiger partial charge in [-0.25, -0.2) is 14.4 Å². The van der Waals surface area contributed by atoms with Gasteiger partial charge in [-0.1, -0.05) is 18.2 Å². The first-order chi connectivity index (χ1) is 13.0. The van der Waals surface area contributed by atoms with Gasteiger partial charge in [-0.3, -0.25) is 0 Å². The van der Waals surface area contributed by atoms with E-state index in [2.05, 4.69) is 22.2 Å². The van der Waals surface area contributed by atoms with Crippen LogP contribution in [0.4, 0.5) is 10.1 Å². The van der Waals surface area contributed by atoms with E-state index >= 15 is 0 Å². The minimum atomic E-state index is -0.371. The second-order valence-corrected chi connectivity index (χ2v) is 6.15. The first kappa shape index (κ1) is 21.6. The molecule has 7 heteroatoms. The van der Waals surface area contributed by atoms with Crippen LogP contribution in [0.1, 0.15) is 16.7 Å². The SMILES string of the molecule is Cc1ccc(NC(N)=NCc2cccnc2Oc2cccc(F)c2)cc1C.I. The van der Waals surface area contributed by atoms with Crippen LogP contribution in [0.5, 0.6) is 11.6 Å². The molecule has 3 N–H and O–H groups in total. The van der Waals surface area contributed by atoms with Crippen LogP contribution >= 0.6 is 24.0 Å². The van der Waals surface area contributed by atoms with Gasteiger partial charge in [0.15, 0.2) is 5.96 Å². The molecule has 0 atom stereocenters. The predicted molar refractivity (Wildman–Crippen MR) is 121 cm³/mol. The summed E-state index contributed by atoms with van der Waals surface area (Å²) in [5, 5.41) is 3.07. The summed E-state index contributed by atoms with van der Waals surface area (Å²) in [5.74, 6) is 0.662. The number of halogens is 2. The fourth-order valence-electron chi connectivity index (χ4n) is 2.46. The van der Waals surface area contributed by atoms with Gasteiger partial charge in [0, 0.05) is 23.5 Å². The topological polar surface area (TPSA) is 72.5 Å². The van der Waals surface area contributed by atoms with E-state index in [0.717, 1.165) is 11.3 Å². The normalized spacial score (nSPS) is 10.9. The summed E-state index contributed by atoms with van der Waals surface area (Å²) < 4.78 is 19.0. The summed E-state index contributed by atoms with van der Waals surface area (Å²) in [6.07, 6.45) is 1.61. The lowest BCUT2D eigenvalue weighted by molar-refractivity contribution is 0.452. The number of nitrogens with zero attached hydrogens (tertiary/aromatic N) is 2. The number of benzene rings is 2. The third-order valence-electron chi connectivity index (χ3n) is 4.06. The molecule has 0 saturated carbocycles. The molecular formula is C21H22FIN4O. The van der Waals surface area contributed by atoms with E-state index in [0.29, 0.717) is 17.6 Å². The molecule has 2 aromatic carbocycles. The van der Waals surface area contributed by atoms with Gasteiger partial charge >= 0.3 is 0 Å². The minimum Gasteiger partial charge on any atom is -0.439 e. The Hall–Kier alpha value is -2.68. The quantitative estimate of drug-likeness (QED) is 0.293. The fourth-order valence-corrected chi connectivity index (χ4v) is 2.46. The average Bonchev–Trinajstić information content (AvgIpc) is 2.64. The molecular weight excluding hydrogens is 470 g/mol. The highest BCUT2D eigenvalue weighted by molar-refractivity contribution is 14.0. The summed E-state index contributed by atoms with van der Waals surface area (Å²) in [7, 11) is 0. The largest absolute Gasteiger partial charge is 0.439 e. The molecule has 0 aliphatic carbocycles. The number of aromatic nitrogens is 1. The first-order valence-electron chi connectivity index (χ1n) is 8.53. The molecule has 0 fully saturated rings. The van der Waals surface area contributed by atoms with Crippen molar-refractivity contribution in [3.63, 3.8) is 0 Å². The Morgan fingerprint density at radius 1 is 1.11 bits per heavy atom. The maximum absolute atomic E-state index is 13.3. The fraction of sp³-hybridized carbons (Fsp3) is 0.143. The van der Waals surface area contributed by atoms with Crippen LogP contribution in [0.25, 0.3) is 0 Å². The maximum atomic E-state index is 13.3. The van der Waals surface area contributed by atoms with E-state index in [4.69, 9.17) is 10.5 Å². The predicted octanol–water partition coefficient (Wildman–Crippen LogP) is 5.17. The van der Waals surface area contributed by atoms with Crippen molar-refractivity contribution >= 4 is 35.6 Å². The molecule has 0 bridgehead atoms. The van der Waals surface area contributed by atoms with Crippen molar-refractivity contribution in [3.8, 4) is 11.6 Å². The standard InChI is InChI=1S/C21H21FN4O.HI/c1-14-8-9-18(11-15(14)2)26-21(23)25-13-16-5-4-10-24-20(16)27-19-7-3-6-17(22)12-19;/h3-12H,13H2,1-2H3,(H3,23,25,26);1H. The number of anilines is 1. The van der Waals surface area contributed by atoms with Crippen LogP contribution in [-0.4, -0.2) is 10.9 Å². The highest BCUT2D eigenvalue weighted by Crippen LogP contribution is 2.24. The molecule has 0 spiro atoms. The third kappa shape index (κ3) is 5.91. The Bertz CT molecular complexity index is 978. The summed E-state index contributed by atoms with van der Waals surface area (Å²) in [6, 6.07) is 15.5. The van der Waals surface area contributed by atoms with Crippen LogP contribution in [0.3, 0.4) is 0 Å². The number of nitrogens with one attached hydrogen (secondary N) is 1. The number of ether oxygens (including phenoxy) is 1. The van der Waals surface area contributed by atoms with Crippen molar-refractivity contribution in [2.75, 3.05) is 5.32 Å². The van der Waals surface area contributed by atoms with Crippen molar-refractivity contribution in [3.05, 3.63) is 83.3 Å². The molecule has 0 radical (unpaired) electrons. The number of hydrogen-bond acceptors (Lipinski definition) is 3. The summed E-state index contributed by atoms with van der Waals surface area (Å²) >= 11 is 0. The Morgan fingerprint density at radius 2 is 1.93 bits per heavy atom. The van der Waals surface area contributed by atoms with Gasteiger partial charge in [0.25, 0.3) is 0 Å². The number of aryl methyl sites for hydroxylation is 2. The second-order valence-electron chi connectivity index (χ2n) is 6.15. The van der Waals surface area contributed by atoms with Gasteiger partial charge in [-0.2, -0.15) is 0 Å². The summed E-state index contributed by atoms with van der Waals surface area (Å²) in [5.41, 5.74) is 10.00. The molecule has 3 rings (SSSR count). The number of rotatable bonds is 5. The Labute approximate surface area is 180 Å². The molecule has 0 saturated heterocycles. The minimum absolute atomic E-state index is 0. The van der Waals surface area contributed by atoms with Crippen molar-refractivity contribution in [2.24, 2.45) is 10.7 Å². The third-order valence-corrected chi connectivity index (χ3v) is 4.06. The van der Waals surface area contributed by atoms with Crippen LogP contribution in [0.2, 0.25) is 0 Å². The number of guanidine groups is 1. The van der Waals surface area contributed by atoms with Gasteiger partial charge in [0.2, 0.25) is 5.88 Å². The number of nitrogens with two attached hydrogens (primary N) is 1. The molecule has 0 aliphatic rings. The van der Waals surface area contributed by atoms with Crippen LogP contribution in [-0.2, 0) is 6.54 Å². The van der Waals surface area contributed by atoms with E-state index in [9.17, 15) is 4.39 Å². The van der Waals surface area contributed by atoms with Crippen LogP contribution in [0.15, 0.2) is 65.8 Å². The average molecular weight is 492 g/mol. The molecule has 3 aromatic rings. The molecule has 5 nitrogen and oxygen atoms in total. The Kier molecular flexibility index (Phi) is 7.74. The maximum Gasteiger partial charge on any atom is 0.224 e. The van der Waals surface area contributed by atoms with Gasteiger partial charge in [-0.15, -0.1) is 24.0 Å². The molecule has 0 unspecified atom stereocenters. The van der Waals surface area contributed by atoms with Crippen molar-refractivity contribution in [2.45, 2.75) is 20.4 Å². The van der Waals surface area contributed by atoms with Crippen molar-refractivity contribution in [1.29, 1.82) is 0 Å². The van der Waals surface area contributed by atoms with Crippen molar-refractivity contribution in [1.82, 2.24) is 4.98 Å². The van der Waals surface area contributed by atoms with Crippen LogP contribution in [0, 0.1) is 19.7 Å². The highest BCUT2D eigenvalue weighted by atomic mass is 127. The van der Waals surface area contributed by atoms with Crippen LogP contribution < -0.4 is 15.8 Å².